The van der Waals surface area contributed by atoms with Crippen molar-refractivity contribution in [1.29, 1.82) is 0 Å². The number of aromatic nitrogens is 1. The van der Waals surface area contributed by atoms with Crippen molar-refractivity contribution >= 4 is 11.7 Å². The molecule has 20 heavy (non-hydrogen) atoms. The molecule has 2 heterocycles. The van der Waals surface area contributed by atoms with Gasteiger partial charge in [0, 0.05) is 25.8 Å². The van der Waals surface area contributed by atoms with Crippen LogP contribution < -0.4 is 5.32 Å². The maximum absolute atomic E-state index is 12.4. The third-order valence-corrected chi connectivity index (χ3v) is 4.02. The maximum Gasteiger partial charge on any atom is 0.255 e. The Hall–Kier alpha value is -1.58. The normalized spacial score (nSPS) is 18.6. The van der Waals surface area contributed by atoms with Crippen molar-refractivity contribution in [2.24, 2.45) is 11.8 Å². The van der Waals surface area contributed by atoms with E-state index in [1.807, 2.05) is 17.0 Å². The SMILES string of the molecule is CCCNc1ccc(C(=O)N2CCC(C(C)C)C2)cn1. The first kappa shape index (κ1) is 14.8. The zero-order chi connectivity index (χ0) is 14.5. The van der Waals surface area contributed by atoms with Crippen LogP contribution in [-0.4, -0.2) is 35.4 Å². The highest BCUT2D eigenvalue weighted by Crippen LogP contribution is 2.24. The van der Waals surface area contributed by atoms with Crippen molar-refractivity contribution in [3.63, 3.8) is 0 Å². The number of hydrogen-bond donors (Lipinski definition) is 1. The molecule has 1 N–H and O–H groups in total. The van der Waals surface area contributed by atoms with Crippen LogP contribution >= 0.6 is 0 Å². The summed E-state index contributed by atoms with van der Waals surface area (Å²) < 4.78 is 0. The number of hydrogen-bond acceptors (Lipinski definition) is 3. The molecule has 1 aliphatic heterocycles. The van der Waals surface area contributed by atoms with Gasteiger partial charge in [-0.3, -0.25) is 4.79 Å². The Bertz CT molecular complexity index is 442. The van der Waals surface area contributed by atoms with Gasteiger partial charge in [0.1, 0.15) is 5.82 Å². The van der Waals surface area contributed by atoms with Crippen LogP contribution in [0.15, 0.2) is 18.3 Å². The summed E-state index contributed by atoms with van der Waals surface area (Å²) in [5, 5.41) is 3.22. The number of nitrogens with one attached hydrogen (secondary N) is 1. The zero-order valence-electron chi connectivity index (χ0n) is 12.7. The van der Waals surface area contributed by atoms with E-state index in [1.54, 1.807) is 6.20 Å². The molecular weight excluding hydrogens is 250 g/mol. The smallest absolute Gasteiger partial charge is 0.255 e. The monoisotopic (exact) mass is 275 g/mol. The Balaban J connectivity index is 1.96. The predicted molar refractivity (Wildman–Crippen MR) is 81.9 cm³/mol. The lowest BCUT2D eigenvalue weighted by Gasteiger charge is -2.18. The molecule has 1 aromatic rings. The highest BCUT2D eigenvalue weighted by molar-refractivity contribution is 5.94. The number of likely N-dealkylation sites (tertiary alicyclic amines) is 1. The van der Waals surface area contributed by atoms with Gasteiger partial charge < -0.3 is 10.2 Å². The lowest BCUT2D eigenvalue weighted by molar-refractivity contribution is 0.0783. The summed E-state index contributed by atoms with van der Waals surface area (Å²) in [5.74, 6) is 2.23. The van der Waals surface area contributed by atoms with Crippen molar-refractivity contribution in [2.45, 2.75) is 33.6 Å². The lowest BCUT2D eigenvalue weighted by Crippen LogP contribution is -2.29. The summed E-state index contributed by atoms with van der Waals surface area (Å²) >= 11 is 0. The molecule has 0 spiro atoms. The van der Waals surface area contributed by atoms with E-state index in [4.69, 9.17) is 0 Å². The molecule has 0 saturated carbocycles. The Labute approximate surface area is 121 Å². The van der Waals surface area contributed by atoms with Crippen LogP contribution in [0, 0.1) is 11.8 Å². The molecule has 1 unspecified atom stereocenters. The van der Waals surface area contributed by atoms with Gasteiger partial charge in [-0.1, -0.05) is 20.8 Å². The van der Waals surface area contributed by atoms with E-state index in [0.717, 1.165) is 38.3 Å². The van der Waals surface area contributed by atoms with Crippen LogP contribution in [-0.2, 0) is 0 Å². The van der Waals surface area contributed by atoms with Crippen LogP contribution in [0.3, 0.4) is 0 Å². The third kappa shape index (κ3) is 3.50. The number of carbonyl (C=O) groups is 1. The van der Waals surface area contributed by atoms with Gasteiger partial charge in [0.05, 0.1) is 5.56 Å². The first-order chi connectivity index (χ1) is 9.61. The van der Waals surface area contributed by atoms with Gasteiger partial charge >= 0.3 is 0 Å². The summed E-state index contributed by atoms with van der Waals surface area (Å²) in [4.78, 5) is 18.7. The molecule has 0 aromatic carbocycles. The van der Waals surface area contributed by atoms with Gasteiger partial charge in [0.2, 0.25) is 0 Å². The van der Waals surface area contributed by atoms with Gasteiger partial charge in [0.15, 0.2) is 0 Å². The van der Waals surface area contributed by atoms with E-state index in [0.29, 0.717) is 17.4 Å². The Morgan fingerprint density at radius 2 is 2.30 bits per heavy atom. The minimum absolute atomic E-state index is 0.114. The highest BCUT2D eigenvalue weighted by Gasteiger charge is 2.28. The Kier molecular flexibility index (Phi) is 4.99. The number of anilines is 1. The van der Waals surface area contributed by atoms with Crippen molar-refractivity contribution in [2.75, 3.05) is 25.0 Å². The number of pyridine rings is 1. The summed E-state index contributed by atoms with van der Waals surface area (Å²) in [6.07, 6.45) is 3.86. The topological polar surface area (TPSA) is 45.2 Å². The van der Waals surface area contributed by atoms with Crippen LogP contribution in [0.25, 0.3) is 0 Å². The van der Waals surface area contributed by atoms with Crippen molar-refractivity contribution in [3.05, 3.63) is 23.9 Å². The van der Waals surface area contributed by atoms with Crippen LogP contribution in [0.2, 0.25) is 0 Å². The van der Waals surface area contributed by atoms with Crippen LogP contribution in [0.1, 0.15) is 44.0 Å². The molecule has 4 nitrogen and oxygen atoms in total. The van der Waals surface area contributed by atoms with E-state index in [1.165, 1.54) is 0 Å². The third-order valence-electron chi connectivity index (χ3n) is 4.02. The molecule has 1 aromatic heterocycles. The summed E-state index contributed by atoms with van der Waals surface area (Å²) in [7, 11) is 0. The molecule has 1 amide bonds. The fourth-order valence-electron chi connectivity index (χ4n) is 2.58. The molecule has 4 heteroatoms. The molecule has 1 aliphatic rings. The average molecular weight is 275 g/mol. The van der Waals surface area contributed by atoms with Gasteiger partial charge in [-0.25, -0.2) is 4.98 Å². The number of nitrogens with zero attached hydrogens (tertiary/aromatic N) is 2. The van der Waals surface area contributed by atoms with E-state index >= 15 is 0 Å². The highest BCUT2D eigenvalue weighted by atomic mass is 16.2. The van der Waals surface area contributed by atoms with Gasteiger partial charge in [-0.2, -0.15) is 0 Å². The Morgan fingerprint density at radius 1 is 1.50 bits per heavy atom. The van der Waals surface area contributed by atoms with E-state index in [2.05, 4.69) is 31.1 Å². The molecule has 0 radical (unpaired) electrons. The number of carbonyl (C=O) groups excluding carboxylic acids is 1. The quantitative estimate of drug-likeness (QED) is 0.898. The Morgan fingerprint density at radius 3 is 2.85 bits per heavy atom. The molecular formula is C16H25N3O. The van der Waals surface area contributed by atoms with Gasteiger partial charge in [-0.15, -0.1) is 0 Å². The van der Waals surface area contributed by atoms with E-state index in [-0.39, 0.29) is 5.91 Å². The van der Waals surface area contributed by atoms with Crippen LogP contribution in [0.4, 0.5) is 5.82 Å². The second kappa shape index (κ2) is 6.73. The fourth-order valence-corrected chi connectivity index (χ4v) is 2.58. The maximum atomic E-state index is 12.4. The van der Waals surface area contributed by atoms with Crippen LogP contribution in [0.5, 0.6) is 0 Å². The first-order valence-electron chi connectivity index (χ1n) is 7.61. The second-order valence-electron chi connectivity index (χ2n) is 5.90. The summed E-state index contributed by atoms with van der Waals surface area (Å²) in [6, 6.07) is 3.76. The zero-order valence-corrected chi connectivity index (χ0v) is 12.7. The van der Waals surface area contributed by atoms with Crippen molar-refractivity contribution in [3.8, 4) is 0 Å². The van der Waals surface area contributed by atoms with E-state index < -0.39 is 0 Å². The fraction of sp³-hybridized carbons (Fsp3) is 0.625. The predicted octanol–water partition coefficient (Wildman–Crippen LogP) is 3.02. The van der Waals surface area contributed by atoms with Gasteiger partial charge in [-0.05, 0) is 36.8 Å². The van der Waals surface area contributed by atoms with Gasteiger partial charge in [0.25, 0.3) is 5.91 Å². The number of rotatable bonds is 5. The lowest BCUT2D eigenvalue weighted by atomic mass is 9.95. The standard InChI is InChI=1S/C16H25N3O/c1-4-8-17-15-6-5-13(10-18-15)16(20)19-9-7-14(11-19)12(2)3/h5-6,10,12,14H,4,7-9,11H2,1-3H3,(H,17,18). The summed E-state index contributed by atoms with van der Waals surface area (Å²) in [6.45, 7) is 9.23. The first-order valence-corrected chi connectivity index (χ1v) is 7.61. The number of amides is 1. The average Bonchev–Trinajstić information content (AvgIpc) is 2.95. The molecule has 1 atom stereocenters. The summed E-state index contributed by atoms with van der Waals surface area (Å²) in [5.41, 5.74) is 0.691. The second-order valence-corrected chi connectivity index (χ2v) is 5.90. The van der Waals surface area contributed by atoms with Crippen molar-refractivity contribution < 1.29 is 4.79 Å². The molecule has 110 valence electrons. The molecule has 1 fully saturated rings. The van der Waals surface area contributed by atoms with Crippen molar-refractivity contribution in [1.82, 2.24) is 9.88 Å². The van der Waals surface area contributed by atoms with E-state index in [9.17, 15) is 4.79 Å². The molecule has 0 bridgehead atoms. The largest absolute Gasteiger partial charge is 0.370 e. The molecule has 0 aliphatic carbocycles. The minimum Gasteiger partial charge on any atom is -0.370 e. The minimum atomic E-state index is 0.114. The molecule has 2 rings (SSSR count). The molecule has 1 saturated heterocycles.